The number of aryl methyl sites for hydroxylation is 1. The summed E-state index contributed by atoms with van der Waals surface area (Å²) in [5, 5.41) is 26.8. The highest BCUT2D eigenvalue weighted by Crippen LogP contribution is 2.49. The Bertz CT molecular complexity index is 2070. The number of nitro benzene ring substituents is 1. The molecule has 54 heavy (non-hydrogen) atoms. The molecular formula is C39H43ClN4O10. The average molecular weight is 763 g/mol. The van der Waals surface area contributed by atoms with Crippen molar-refractivity contribution in [1.29, 1.82) is 0 Å². The van der Waals surface area contributed by atoms with Crippen LogP contribution in [-0.4, -0.2) is 82.8 Å². The van der Waals surface area contributed by atoms with E-state index in [-0.39, 0.29) is 36.2 Å². The lowest BCUT2D eigenvalue weighted by Crippen LogP contribution is -2.53. The number of allylic oxidation sites excluding steroid dienone is 3. The van der Waals surface area contributed by atoms with E-state index in [0.29, 0.717) is 22.5 Å². The number of nitrogens with one attached hydrogen (secondary N) is 1. The van der Waals surface area contributed by atoms with Gasteiger partial charge in [0, 0.05) is 44.1 Å². The third kappa shape index (κ3) is 7.69. The van der Waals surface area contributed by atoms with Gasteiger partial charge < -0.3 is 29.0 Å². The number of methoxy groups -OCH3 is 1. The molecule has 1 aromatic heterocycles. The van der Waals surface area contributed by atoms with Crippen LogP contribution in [0, 0.1) is 23.0 Å². The van der Waals surface area contributed by atoms with Crippen molar-refractivity contribution in [3.63, 3.8) is 0 Å². The van der Waals surface area contributed by atoms with E-state index >= 15 is 0 Å². The first kappa shape index (κ1) is 38.8. The van der Waals surface area contributed by atoms with Gasteiger partial charge in [0.05, 0.1) is 40.3 Å². The number of esters is 1. The number of pyridine rings is 1. The minimum absolute atomic E-state index is 0.0416. The number of aromatic nitrogens is 1. The van der Waals surface area contributed by atoms with Crippen molar-refractivity contribution in [2.24, 2.45) is 5.92 Å². The monoisotopic (exact) mass is 762 g/mol. The molecule has 15 heteroatoms. The van der Waals surface area contributed by atoms with Gasteiger partial charge in [-0.2, -0.15) is 0 Å². The van der Waals surface area contributed by atoms with Crippen LogP contribution in [0.4, 0.5) is 21.9 Å². The summed E-state index contributed by atoms with van der Waals surface area (Å²) in [5.41, 5.74) is 0.329. The normalized spacial score (nSPS) is 30.4. The molecule has 0 spiro atoms. The summed E-state index contributed by atoms with van der Waals surface area (Å²) < 4.78 is 23.7. The van der Waals surface area contributed by atoms with Gasteiger partial charge in [-0.15, -0.1) is 0 Å². The molecule has 3 aromatic rings. The molecule has 0 aliphatic carbocycles. The van der Waals surface area contributed by atoms with E-state index in [2.05, 4.69) is 10.3 Å². The molecular weight excluding hydrogens is 720 g/mol. The average Bonchev–Trinajstić information content (AvgIpc) is 3.81. The van der Waals surface area contributed by atoms with Crippen LogP contribution >= 0.6 is 11.6 Å². The van der Waals surface area contributed by atoms with Crippen molar-refractivity contribution in [3.8, 4) is 0 Å². The fraction of sp³-hybridized carbons (Fsp3) is 0.436. The molecule has 0 radical (unpaired) electrons. The molecule has 4 heterocycles. The number of epoxide rings is 1. The Morgan fingerprint density at radius 3 is 2.70 bits per heavy atom. The molecule has 2 saturated heterocycles. The second-order valence-corrected chi connectivity index (χ2v) is 14.9. The molecule has 0 saturated carbocycles. The Kier molecular flexibility index (Phi) is 10.9. The van der Waals surface area contributed by atoms with Crippen LogP contribution in [0.25, 0.3) is 10.9 Å². The van der Waals surface area contributed by atoms with E-state index in [9.17, 15) is 29.6 Å². The molecule has 2 aromatic carbocycles. The number of rotatable bonds is 4. The number of nitro groups is 1. The van der Waals surface area contributed by atoms with Crippen molar-refractivity contribution in [1.82, 2.24) is 4.98 Å². The standard InChI is InChI=1S/C39H43ClN4O10/c1-21-9-7-11-30(51-6)39(48)19-29(52-33(46)20-39)23(3)36-38(4,54-36)31(18-32(45)43(5)28-17-24(15-21)16-22(2)34(28)40)53-37(47)42-26-12-13-27(44(49)50)35-25(26)10-8-14-41-35/h7-14,16-17,23,29-31,36,48H,15,18-20H2,1-6H3,(H,42,47)/b11-7+,21-9+/t23-,29+,30-,31+,36+,38+,39-/m1/s1. The number of fused-ring (bicyclic) bond motifs is 6. The number of carbonyl (C=O) groups is 3. The highest BCUT2D eigenvalue weighted by Gasteiger charge is 2.64. The number of aliphatic hydroxyl groups is 1. The van der Waals surface area contributed by atoms with Crippen LogP contribution in [0.3, 0.4) is 0 Å². The van der Waals surface area contributed by atoms with Gasteiger partial charge in [0.25, 0.3) is 5.69 Å². The fourth-order valence-electron chi connectivity index (χ4n) is 7.58. The van der Waals surface area contributed by atoms with E-state index in [1.54, 1.807) is 45.2 Å². The Morgan fingerprint density at radius 2 is 1.98 bits per heavy atom. The number of ether oxygens (including phenoxy) is 4. The number of non-ortho nitro benzene ring substituents is 1. The van der Waals surface area contributed by atoms with Gasteiger partial charge in [-0.1, -0.05) is 48.4 Å². The quantitative estimate of drug-likeness (QED) is 0.130. The van der Waals surface area contributed by atoms with E-state index in [1.165, 1.54) is 30.3 Å². The first-order valence-electron chi connectivity index (χ1n) is 17.6. The molecule has 0 unspecified atom stereocenters. The fourth-order valence-corrected chi connectivity index (χ4v) is 7.81. The van der Waals surface area contributed by atoms with Gasteiger partial charge in [-0.3, -0.25) is 25.0 Å². The number of amides is 2. The maximum Gasteiger partial charge on any atom is 0.412 e. The maximum absolute atomic E-state index is 14.1. The van der Waals surface area contributed by atoms with Gasteiger partial charge in [0.1, 0.15) is 35.0 Å². The Morgan fingerprint density at radius 1 is 1.22 bits per heavy atom. The number of halogens is 1. The SMILES string of the molecule is CO[C@@H]1/C=C/C=C(\C)Cc2cc(C)c(Cl)c(c2)N(C)C(=O)C[C@H](OC(=O)Nc2ccc([N+](=O)[O-])c3ncccc23)[C@]2(C)O[C@H]2[C@H](C)[C@@H]2C[C@@]1(O)CC(=O)O2. The van der Waals surface area contributed by atoms with Crippen LogP contribution < -0.4 is 10.2 Å². The van der Waals surface area contributed by atoms with Gasteiger partial charge in [-0.25, -0.2) is 9.78 Å². The van der Waals surface area contributed by atoms with Crippen LogP contribution in [0.15, 0.2) is 66.4 Å². The van der Waals surface area contributed by atoms with E-state index in [0.717, 1.165) is 16.7 Å². The third-order valence-electron chi connectivity index (χ3n) is 10.6. The summed E-state index contributed by atoms with van der Waals surface area (Å²) in [7, 11) is 3.06. The van der Waals surface area contributed by atoms with Gasteiger partial charge in [0.15, 0.2) is 0 Å². The first-order chi connectivity index (χ1) is 25.5. The predicted octanol–water partition coefficient (Wildman–Crippen LogP) is 6.38. The van der Waals surface area contributed by atoms with E-state index < -0.39 is 64.4 Å². The molecule has 3 aliphatic rings. The lowest BCUT2D eigenvalue weighted by molar-refractivity contribution is -0.383. The van der Waals surface area contributed by atoms with Crippen molar-refractivity contribution in [2.45, 2.75) is 89.0 Å². The summed E-state index contributed by atoms with van der Waals surface area (Å²) >= 11 is 6.77. The maximum atomic E-state index is 14.1. The number of hydrogen-bond donors (Lipinski definition) is 2. The number of carbonyl (C=O) groups excluding carboxylic acids is 3. The second-order valence-electron chi connectivity index (χ2n) is 14.5. The molecule has 7 atom stereocenters. The summed E-state index contributed by atoms with van der Waals surface area (Å²) in [4.78, 5) is 57.4. The molecule has 6 rings (SSSR count). The van der Waals surface area contributed by atoms with Crippen molar-refractivity contribution in [2.75, 3.05) is 24.4 Å². The molecule has 2 amide bonds. The third-order valence-corrected chi connectivity index (χ3v) is 11.1. The molecule has 4 bridgehead atoms. The largest absolute Gasteiger partial charge is 0.462 e. The highest BCUT2D eigenvalue weighted by atomic mass is 35.5. The van der Waals surface area contributed by atoms with Crippen LogP contribution in [0.1, 0.15) is 51.2 Å². The lowest BCUT2D eigenvalue weighted by Gasteiger charge is -2.41. The van der Waals surface area contributed by atoms with Gasteiger partial charge >= 0.3 is 12.1 Å². The summed E-state index contributed by atoms with van der Waals surface area (Å²) in [5.74, 6) is -1.54. The smallest absolute Gasteiger partial charge is 0.412 e. The van der Waals surface area contributed by atoms with Crippen molar-refractivity contribution < 1.29 is 43.4 Å². The molecule has 2 fully saturated rings. The minimum atomic E-state index is -1.59. The van der Waals surface area contributed by atoms with E-state index in [4.69, 9.17) is 30.5 Å². The highest BCUT2D eigenvalue weighted by molar-refractivity contribution is 6.34. The van der Waals surface area contributed by atoms with E-state index in [1.807, 2.05) is 32.1 Å². The number of anilines is 2. The second kappa shape index (κ2) is 15.1. The summed E-state index contributed by atoms with van der Waals surface area (Å²) in [6, 6.07) is 9.56. The molecule has 2 N–H and O–H groups in total. The van der Waals surface area contributed by atoms with Crippen LogP contribution in [0.5, 0.6) is 0 Å². The topological polar surface area (TPSA) is 183 Å². The number of benzene rings is 2. The zero-order valence-corrected chi connectivity index (χ0v) is 31.6. The number of nitrogens with zero attached hydrogens (tertiary/aromatic N) is 3. The zero-order chi connectivity index (χ0) is 39.1. The molecule has 3 aliphatic heterocycles. The minimum Gasteiger partial charge on any atom is -0.462 e. The van der Waals surface area contributed by atoms with Gasteiger partial charge in [0.2, 0.25) is 5.91 Å². The van der Waals surface area contributed by atoms with Crippen LogP contribution in [-0.2, 0) is 35.0 Å². The zero-order valence-electron chi connectivity index (χ0n) is 30.8. The van der Waals surface area contributed by atoms with Crippen molar-refractivity contribution >= 4 is 57.5 Å². The predicted molar refractivity (Wildman–Crippen MR) is 200 cm³/mol. The number of hydrogen-bond acceptors (Lipinski definition) is 11. The Labute approximate surface area is 317 Å². The molecule has 286 valence electrons. The lowest BCUT2D eigenvalue weighted by atomic mass is 9.78. The Balaban J connectivity index is 1.37. The Hall–Kier alpha value is -4.89. The van der Waals surface area contributed by atoms with Crippen molar-refractivity contribution in [3.05, 3.63) is 92.7 Å². The summed E-state index contributed by atoms with van der Waals surface area (Å²) in [6.45, 7) is 7.32. The van der Waals surface area contributed by atoms with Crippen LogP contribution in [0.2, 0.25) is 5.02 Å². The molecule has 14 nitrogen and oxygen atoms in total. The summed E-state index contributed by atoms with van der Waals surface area (Å²) in [6.07, 6.45) is 2.35. The first-order valence-corrected chi connectivity index (χ1v) is 17.9. The van der Waals surface area contributed by atoms with Gasteiger partial charge in [-0.05, 0) is 62.6 Å².